The van der Waals surface area contributed by atoms with E-state index in [-0.39, 0.29) is 36.2 Å². The van der Waals surface area contributed by atoms with Gasteiger partial charge in [-0.1, -0.05) is 37.8 Å². The maximum atomic E-state index is 15.1. The van der Waals surface area contributed by atoms with Crippen LogP contribution in [0, 0.1) is 28.9 Å². The van der Waals surface area contributed by atoms with Gasteiger partial charge in [0.2, 0.25) is 5.91 Å². The van der Waals surface area contributed by atoms with Gasteiger partial charge >= 0.3 is 12.6 Å². The van der Waals surface area contributed by atoms with E-state index in [1.165, 1.54) is 26.7 Å². The summed E-state index contributed by atoms with van der Waals surface area (Å²) in [6, 6.07) is 12.2. The lowest BCUT2D eigenvalue weighted by Gasteiger charge is -2.47. The number of alkyl carbamates (subject to hydrolysis) is 1. The molecule has 2 aromatic heterocycles. The first-order valence-corrected chi connectivity index (χ1v) is 20.8. The van der Waals surface area contributed by atoms with Gasteiger partial charge in [0.1, 0.15) is 23.5 Å². The molecular weight excluding hydrogens is 828 g/mol. The predicted molar refractivity (Wildman–Crippen MR) is 223 cm³/mol. The van der Waals surface area contributed by atoms with Crippen molar-refractivity contribution in [2.45, 2.75) is 82.5 Å². The highest BCUT2D eigenvalue weighted by atomic mass is 19.3. The number of aliphatic hydroxyl groups excluding tert-OH is 1. The molecule has 18 heteroatoms. The number of hydrogen-bond donors (Lipinski definition) is 4. The molecule has 5 heterocycles. The molecule has 3 unspecified atom stereocenters. The van der Waals surface area contributed by atoms with Gasteiger partial charge in [-0.2, -0.15) is 13.9 Å². The number of aliphatic hydroxyl groups is 1. The number of benzene rings is 2. The van der Waals surface area contributed by atoms with Crippen molar-refractivity contribution in [2.75, 3.05) is 51.5 Å². The Balaban J connectivity index is 1.01. The summed E-state index contributed by atoms with van der Waals surface area (Å²) in [7, 11) is 1.10. The second-order valence-corrected chi connectivity index (χ2v) is 16.9. The fraction of sp³-hybridized carbons (Fsp3) is 0.467. The summed E-state index contributed by atoms with van der Waals surface area (Å²) in [5.74, 6) is 4.52. The van der Waals surface area contributed by atoms with Crippen molar-refractivity contribution in [3.05, 3.63) is 101 Å². The lowest BCUT2D eigenvalue weighted by Crippen LogP contribution is -2.62. The maximum absolute atomic E-state index is 15.1. The van der Waals surface area contributed by atoms with E-state index < -0.39 is 60.5 Å². The minimum Gasteiger partial charge on any atom is -0.453 e. The Morgan fingerprint density at radius 3 is 2.19 bits per heavy atom. The Morgan fingerprint density at radius 2 is 1.62 bits per heavy atom. The number of piperazine rings is 1. The lowest BCUT2D eigenvalue weighted by atomic mass is 9.85. The highest BCUT2D eigenvalue weighted by Gasteiger charge is 2.45. The highest BCUT2D eigenvalue weighted by molar-refractivity contribution is 5.86. The van der Waals surface area contributed by atoms with E-state index in [0.29, 0.717) is 33.9 Å². The van der Waals surface area contributed by atoms with Gasteiger partial charge in [-0.05, 0) is 66.8 Å². The molecule has 4 aromatic rings. The second-order valence-electron chi connectivity index (χ2n) is 16.9. The third-order valence-corrected chi connectivity index (χ3v) is 12.0. The molecule has 0 radical (unpaired) electrons. The van der Waals surface area contributed by atoms with E-state index in [1.807, 2.05) is 12.1 Å². The Hall–Kier alpha value is -5.61. The van der Waals surface area contributed by atoms with Gasteiger partial charge in [0.05, 0.1) is 51.4 Å². The van der Waals surface area contributed by atoms with Gasteiger partial charge in [-0.15, -0.1) is 0 Å². The molecule has 3 fully saturated rings. The molecule has 2 amide bonds. The molecule has 0 spiro atoms. The summed E-state index contributed by atoms with van der Waals surface area (Å²) in [5, 5.41) is 22.8. The van der Waals surface area contributed by atoms with Gasteiger partial charge in [0.25, 0.3) is 0 Å². The summed E-state index contributed by atoms with van der Waals surface area (Å²) in [6.45, 7) is 1.86. The quantitative estimate of drug-likeness (QED) is 0.0900. The Kier molecular flexibility index (Phi) is 14.3. The molecule has 0 saturated carbocycles. The summed E-state index contributed by atoms with van der Waals surface area (Å²) < 4.78 is 80.9. The van der Waals surface area contributed by atoms with Gasteiger partial charge in [0.15, 0.2) is 0 Å². The predicted octanol–water partition coefficient (Wildman–Crippen LogP) is 4.97. The topological polar surface area (TPSA) is 146 Å². The molecule has 7 rings (SSSR count). The van der Waals surface area contributed by atoms with Crippen LogP contribution < -0.4 is 20.9 Å². The fourth-order valence-electron chi connectivity index (χ4n) is 8.32. The molecule has 3 aliphatic heterocycles. The molecule has 63 heavy (non-hydrogen) atoms. The number of halogens is 5. The number of nitrogens with one attached hydrogen (secondary N) is 3. The molecule has 2 bridgehead atoms. The lowest BCUT2D eigenvalue weighted by molar-refractivity contribution is -0.127. The zero-order chi connectivity index (χ0) is 44.8. The van der Waals surface area contributed by atoms with E-state index in [2.05, 4.69) is 47.4 Å². The third kappa shape index (κ3) is 10.8. The average molecular weight is 879 g/mol. The molecule has 4 N–H and O–H groups in total. The van der Waals surface area contributed by atoms with Gasteiger partial charge in [0, 0.05) is 78.3 Å². The van der Waals surface area contributed by atoms with Crippen LogP contribution in [0.2, 0.25) is 0 Å². The zero-order valence-electron chi connectivity index (χ0n) is 35.2. The van der Waals surface area contributed by atoms with Crippen LogP contribution in [0.1, 0.15) is 55.5 Å². The number of alkyl halides is 3. The molecule has 2 aromatic carbocycles. The van der Waals surface area contributed by atoms with E-state index in [0.717, 1.165) is 69.3 Å². The molecule has 336 valence electrons. The minimum atomic E-state index is -2.92. The van der Waals surface area contributed by atoms with Crippen molar-refractivity contribution in [3.8, 4) is 23.0 Å². The molecule has 3 aliphatic rings. The standard InChI is InChI=1S/C45H51F5N8O5/c1-45(2,26-46)41(55-44(61)62-3)42(60)54-38(39(59)20-51-19-35-36(47)15-30(16-37(35)48)31-18-53-57(21-31)43(49)50)14-28-7-4-27(5-8-28)6-9-29-10-13-40(52-17-29)56-22-32-11-12-33(23-56)58(32)34-24-63-25-34/h4-5,7-8,10,13,15-18,21,32-34,38-39,41,43,51,59H,11-12,14,19-20,22-26H2,1-3H3,(H,54,60)(H,55,61)/t32?,33?,38-,39-,41?/m0/s1. The van der Waals surface area contributed by atoms with Gasteiger partial charge < -0.3 is 35.4 Å². The zero-order valence-corrected chi connectivity index (χ0v) is 35.2. The van der Waals surface area contributed by atoms with Crippen molar-refractivity contribution >= 4 is 17.8 Å². The number of carbonyl (C=O) groups excluding carboxylic acids is 2. The van der Waals surface area contributed by atoms with Crippen LogP contribution >= 0.6 is 0 Å². The first-order chi connectivity index (χ1) is 30.2. The number of fused-ring (bicyclic) bond motifs is 2. The number of hydrogen-bond acceptors (Lipinski definition) is 10. The Morgan fingerprint density at radius 1 is 0.952 bits per heavy atom. The minimum absolute atomic E-state index is 0.00411. The molecular formula is C45H51F5N8O5. The second kappa shape index (κ2) is 19.8. The van der Waals surface area contributed by atoms with Crippen molar-refractivity contribution in [2.24, 2.45) is 5.41 Å². The molecule has 5 atom stereocenters. The van der Waals surface area contributed by atoms with Crippen molar-refractivity contribution < 1.29 is 46.1 Å². The first kappa shape index (κ1) is 45.4. The maximum Gasteiger partial charge on any atom is 0.407 e. The number of aromatic nitrogens is 3. The molecule has 0 aliphatic carbocycles. The molecule has 3 saturated heterocycles. The van der Waals surface area contributed by atoms with Gasteiger partial charge in [-0.3, -0.25) is 14.1 Å². The average Bonchev–Trinajstić information content (AvgIpc) is 3.84. The van der Waals surface area contributed by atoms with E-state index in [1.54, 1.807) is 30.5 Å². The summed E-state index contributed by atoms with van der Waals surface area (Å²) in [6.07, 6.45) is 3.92. The summed E-state index contributed by atoms with van der Waals surface area (Å²) >= 11 is 0. The Bertz CT molecular complexity index is 2240. The van der Waals surface area contributed by atoms with Gasteiger partial charge in [-0.25, -0.2) is 23.2 Å². The SMILES string of the molecule is COC(=O)NC(C(=O)N[C@@H](Cc1ccc(C#Cc2ccc(N3CC4CCC(C3)N4C3COC3)nc2)cc1)[C@@H](O)CNCc1c(F)cc(-c2cnn(C(F)F)c2)cc1F)C(C)(C)CF. The number of ether oxygens (including phenoxy) is 2. The molecule has 13 nitrogen and oxygen atoms in total. The smallest absolute Gasteiger partial charge is 0.407 e. The van der Waals surface area contributed by atoms with E-state index in [4.69, 9.17) is 9.72 Å². The van der Waals surface area contributed by atoms with Crippen LogP contribution in [0.3, 0.4) is 0 Å². The largest absolute Gasteiger partial charge is 0.453 e. The van der Waals surface area contributed by atoms with Crippen molar-refractivity contribution in [3.63, 3.8) is 0 Å². The van der Waals surface area contributed by atoms with Crippen molar-refractivity contribution in [1.29, 1.82) is 0 Å². The normalized spacial score (nSPS) is 19.2. The summed E-state index contributed by atoms with van der Waals surface area (Å²) in [4.78, 5) is 35.6. The van der Waals surface area contributed by atoms with Crippen LogP contribution in [0.4, 0.5) is 32.6 Å². The third-order valence-electron chi connectivity index (χ3n) is 12.0. The number of rotatable bonds is 16. The number of anilines is 1. The number of methoxy groups -OCH3 is 1. The van der Waals surface area contributed by atoms with E-state index >= 15 is 8.78 Å². The number of pyridine rings is 1. The van der Waals surface area contributed by atoms with Crippen LogP contribution in [0.25, 0.3) is 11.1 Å². The fourth-order valence-corrected chi connectivity index (χ4v) is 8.32. The van der Waals surface area contributed by atoms with Crippen LogP contribution in [0.15, 0.2) is 67.1 Å². The first-order valence-electron chi connectivity index (χ1n) is 20.8. The van der Waals surface area contributed by atoms with Crippen LogP contribution in [-0.2, 0) is 27.2 Å². The number of amides is 2. The van der Waals surface area contributed by atoms with Crippen LogP contribution in [-0.4, -0.2) is 120 Å². The monoisotopic (exact) mass is 878 g/mol. The highest BCUT2D eigenvalue weighted by Crippen LogP contribution is 2.35. The number of carbonyl (C=O) groups is 2. The Labute approximate surface area is 362 Å². The van der Waals surface area contributed by atoms with Crippen LogP contribution in [0.5, 0.6) is 0 Å². The number of nitrogens with zero attached hydrogens (tertiary/aromatic N) is 5. The van der Waals surface area contributed by atoms with Crippen molar-refractivity contribution in [1.82, 2.24) is 35.6 Å². The summed E-state index contributed by atoms with van der Waals surface area (Å²) in [5.41, 5.74) is 0.475. The van der Waals surface area contributed by atoms with E-state index in [9.17, 15) is 27.9 Å².